The maximum absolute atomic E-state index is 5.46. The first kappa shape index (κ1) is 32.5. The molecule has 4 heteroatoms. The number of benzene rings is 9. The highest BCUT2D eigenvalue weighted by atomic mass is 32.1. The maximum Gasteiger partial charge on any atom is 0.0802 e. The van der Waals surface area contributed by atoms with Gasteiger partial charge >= 0.3 is 0 Å². The van der Waals surface area contributed by atoms with Crippen molar-refractivity contribution in [2.75, 3.05) is 0 Å². The molecule has 0 atom stereocenters. The predicted octanol–water partition coefficient (Wildman–Crippen LogP) is 15.3. The highest BCUT2D eigenvalue weighted by molar-refractivity contribution is 7.27. The van der Waals surface area contributed by atoms with Crippen molar-refractivity contribution < 1.29 is 0 Å². The smallest absolute Gasteiger partial charge is 0.0802 e. The molecule has 0 radical (unpaired) electrons. The van der Waals surface area contributed by atoms with E-state index in [9.17, 15) is 0 Å². The van der Waals surface area contributed by atoms with Crippen LogP contribution < -0.4 is 0 Å². The molecule has 4 heterocycles. The summed E-state index contributed by atoms with van der Waals surface area (Å²) in [5, 5.41) is 11.2. The molecule has 0 unspecified atom stereocenters. The number of thiophene rings is 1. The minimum Gasteiger partial charge on any atom is -0.309 e. The molecule has 0 aliphatic carbocycles. The van der Waals surface area contributed by atoms with Crippen LogP contribution in [0.3, 0.4) is 0 Å². The monoisotopic (exact) mass is 767 g/mol. The van der Waals surface area contributed by atoms with E-state index in [-0.39, 0.29) is 0 Å². The van der Waals surface area contributed by atoms with E-state index < -0.39 is 0 Å². The van der Waals surface area contributed by atoms with Gasteiger partial charge in [0, 0.05) is 64.0 Å². The van der Waals surface area contributed by atoms with Crippen molar-refractivity contribution in [1.29, 1.82) is 0 Å². The van der Waals surface area contributed by atoms with E-state index in [0.717, 1.165) is 39.3 Å². The van der Waals surface area contributed by atoms with Crippen molar-refractivity contribution in [3.8, 4) is 33.8 Å². The van der Waals surface area contributed by atoms with Crippen LogP contribution in [0.15, 0.2) is 200 Å². The number of pyridine rings is 1. The van der Waals surface area contributed by atoms with Crippen LogP contribution in [0.2, 0.25) is 0 Å². The number of nitrogens with zero attached hydrogens (tertiary/aromatic N) is 3. The zero-order valence-corrected chi connectivity index (χ0v) is 32.6. The maximum atomic E-state index is 5.46. The molecule has 0 bridgehead atoms. The lowest BCUT2D eigenvalue weighted by Crippen LogP contribution is -2.00. The molecular weight excluding hydrogens is 735 g/mol. The van der Waals surface area contributed by atoms with Gasteiger partial charge in [0.25, 0.3) is 0 Å². The zero-order chi connectivity index (χ0) is 38.6. The van der Waals surface area contributed by atoms with Gasteiger partial charge in [0.1, 0.15) is 0 Å². The molecule has 0 amide bonds. The Labute approximate surface area is 343 Å². The van der Waals surface area contributed by atoms with Crippen molar-refractivity contribution in [3.63, 3.8) is 0 Å². The second kappa shape index (κ2) is 12.5. The molecule has 0 N–H and O–H groups in total. The molecule has 0 aliphatic rings. The summed E-state index contributed by atoms with van der Waals surface area (Å²) in [5.74, 6) is 0. The summed E-state index contributed by atoms with van der Waals surface area (Å²) in [6.07, 6.45) is 0. The molecule has 0 fully saturated rings. The van der Waals surface area contributed by atoms with E-state index in [2.05, 4.69) is 209 Å². The molecule has 13 rings (SSSR count). The summed E-state index contributed by atoms with van der Waals surface area (Å²) in [6.45, 7) is 0. The minimum atomic E-state index is 1.02. The Morgan fingerprint density at radius 2 is 0.831 bits per heavy atom. The van der Waals surface area contributed by atoms with E-state index in [1.54, 1.807) is 0 Å². The van der Waals surface area contributed by atoms with Crippen LogP contribution in [0.4, 0.5) is 0 Å². The Morgan fingerprint density at radius 3 is 1.41 bits per heavy atom. The molecule has 9 aromatic carbocycles. The molecule has 0 aliphatic heterocycles. The Morgan fingerprint density at radius 1 is 0.356 bits per heavy atom. The highest BCUT2D eigenvalue weighted by Crippen LogP contribution is 2.45. The third-order valence-corrected chi connectivity index (χ3v) is 13.5. The fourth-order valence-corrected chi connectivity index (χ4v) is 10.9. The molecule has 4 aromatic heterocycles. The summed E-state index contributed by atoms with van der Waals surface area (Å²) in [7, 11) is 0. The molecule has 274 valence electrons. The quantitative estimate of drug-likeness (QED) is 0.164. The Bertz CT molecular complexity index is 3610. The van der Waals surface area contributed by atoms with Gasteiger partial charge in [0.15, 0.2) is 0 Å². The van der Waals surface area contributed by atoms with E-state index >= 15 is 0 Å². The molecule has 0 saturated carbocycles. The first-order valence-corrected chi connectivity index (χ1v) is 20.9. The van der Waals surface area contributed by atoms with Crippen molar-refractivity contribution in [1.82, 2.24) is 14.1 Å². The third kappa shape index (κ3) is 4.78. The summed E-state index contributed by atoms with van der Waals surface area (Å²) < 4.78 is 7.44. The van der Waals surface area contributed by atoms with E-state index in [1.807, 2.05) is 11.3 Å². The van der Waals surface area contributed by atoms with E-state index in [4.69, 9.17) is 4.98 Å². The minimum absolute atomic E-state index is 1.02. The number of para-hydroxylation sites is 4. The molecule has 3 nitrogen and oxygen atoms in total. The van der Waals surface area contributed by atoms with E-state index in [1.165, 1.54) is 79.9 Å². The molecule has 0 spiro atoms. The fourth-order valence-electron chi connectivity index (χ4n) is 9.68. The lowest BCUT2D eigenvalue weighted by Gasteiger charge is -2.16. The van der Waals surface area contributed by atoms with Crippen LogP contribution in [-0.2, 0) is 0 Å². The number of aromatic nitrogens is 3. The molecule has 13 aromatic rings. The lowest BCUT2D eigenvalue weighted by molar-refractivity contribution is 1.13. The van der Waals surface area contributed by atoms with Crippen LogP contribution >= 0.6 is 11.3 Å². The first-order chi connectivity index (χ1) is 29.3. The molecular formula is C55H33N3S. The van der Waals surface area contributed by atoms with Crippen LogP contribution in [0.1, 0.15) is 0 Å². The van der Waals surface area contributed by atoms with Crippen LogP contribution in [0.25, 0.3) is 119 Å². The highest BCUT2D eigenvalue weighted by Gasteiger charge is 2.20. The summed E-state index contributed by atoms with van der Waals surface area (Å²) in [6, 6.07) is 73.1. The summed E-state index contributed by atoms with van der Waals surface area (Å²) in [5.41, 5.74) is 12.5. The number of hydrogen-bond acceptors (Lipinski definition) is 2. The predicted molar refractivity (Wildman–Crippen MR) is 252 cm³/mol. The van der Waals surface area contributed by atoms with Gasteiger partial charge < -0.3 is 9.13 Å². The van der Waals surface area contributed by atoms with Gasteiger partial charge in [-0.25, -0.2) is 4.98 Å². The van der Waals surface area contributed by atoms with Crippen LogP contribution in [0.5, 0.6) is 0 Å². The van der Waals surface area contributed by atoms with Crippen molar-refractivity contribution in [2.45, 2.75) is 0 Å². The number of fused-ring (bicyclic) bond motifs is 13. The largest absolute Gasteiger partial charge is 0.309 e. The second-order valence-corrected chi connectivity index (χ2v) is 16.6. The fraction of sp³-hybridized carbons (Fsp3) is 0. The summed E-state index contributed by atoms with van der Waals surface area (Å²) in [4.78, 5) is 5.46. The molecule has 59 heavy (non-hydrogen) atoms. The number of hydrogen-bond donors (Lipinski definition) is 0. The van der Waals surface area contributed by atoms with Gasteiger partial charge in [-0.15, -0.1) is 11.3 Å². The van der Waals surface area contributed by atoms with Crippen molar-refractivity contribution in [3.05, 3.63) is 200 Å². The Hall–Kier alpha value is -7.53. The first-order valence-electron chi connectivity index (χ1n) is 20.1. The standard InChI is InChI=1S/C55H33N3S/c1-2-14-40-35(13-1)29-30-46-52(40)55-53(45-19-7-12-24-51(45)59-55)54(56-46)36-27-25-34(26-28-36)37-31-38(57-47-20-8-3-15-41(47)42-16-4-9-21-48(42)57)33-39(32-37)58-49-22-10-5-17-43(49)44-18-6-11-23-50(44)58/h1-33H. The van der Waals surface area contributed by atoms with Gasteiger partial charge in [0.05, 0.1) is 33.3 Å². The number of rotatable bonds is 4. The van der Waals surface area contributed by atoms with Crippen molar-refractivity contribution in [2.24, 2.45) is 0 Å². The lowest BCUT2D eigenvalue weighted by atomic mass is 9.97. The van der Waals surface area contributed by atoms with Crippen LogP contribution in [-0.4, -0.2) is 14.1 Å². The second-order valence-electron chi connectivity index (χ2n) is 15.5. The average Bonchev–Trinajstić information content (AvgIpc) is 3.97. The van der Waals surface area contributed by atoms with Gasteiger partial charge in [-0.3, -0.25) is 0 Å². The normalized spacial score (nSPS) is 12.1. The van der Waals surface area contributed by atoms with Crippen molar-refractivity contribution >= 4 is 96.8 Å². The Kier molecular flexibility index (Phi) is 6.89. The van der Waals surface area contributed by atoms with Gasteiger partial charge in [-0.05, 0) is 76.5 Å². The van der Waals surface area contributed by atoms with Crippen LogP contribution in [0, 0.1) is 0 Å². The van der Waals surface area contributed by atoms with Gasteiger partial charge in [-0.1, -0.05) is 146 Å². The third-order valence-electron chi connectivity index (χ3n) is 12.3. The average molecular weight is 768 g/mol. The molecule has 0 saturated heterocycles. The Balaban J connectivity index is 1.05. The van der Waals surface area contributed by atoms with Gasteiger partial charge in [0.2, 0.25) is 0 Å². The van der Waals surface area contributed by atoms with Gasteiger partial charge in [-0.2, -0.15) is 0 Å². The summed E-state index contributed by atoms with van der Waals surface area (Å²) >= 11 is 1.87. The zero-order valence-electron chi connectivity index (χ0n) is 31.8. The SMILES string of the molecule is c1ccc2c(c1)ccc1nc(-c3ccc(-c4cc(-n5c6ccccc6c6ccccc65)cc(-n5c6ccccc6c6ccccc65)c4)cc3)c3c4ccccc4sc3c12. The topological polar surface area (TPSA) is 22.8 Å². The van der Waals surface area contributed by atoms with E-state index in [0.29, 0.717) is 0 Å².